The summed E-state index contributed by atoms with van der Waals surface area (Å²) in [5.41, 5.74) is 0.155. The zero-order valence-corrected chi connectivity index (χ0v) is 17.4. The second kappa shape index (κ2) is 11.4. The normalized spacial score (nSPS) is 16.7. The summed E-state index contributed by atoms with van der Waals surface area (Å²) in [5, 5.41) is 64.7. The SMILES string of the molecule is C=CCS(=Cc1ccccc1)(=Cc1ccccc1)C(O)[C@H](O)[C@@H](O)[C@H](O)[C@H](O)CO. The predicted molar refractivity (Wildman–Crippen MR) is 123 cm³/mol. The third-order valence-electron chi connectivity index (χ3n) is 4.74. The molecule has 30 heavy (non-hydrogen) atoms. The molecule has 0 aliphatic heterocycles. The summed E-state index contributed by atoms with van der Waals surface area (Å²) in [6.45, 7) is 3.00. The fraction of sp³-hybridized carbons (Fsp3) is 0.304. The van der Waals surface area contributed by atoms with E-state index in [-0.39, 0.29) is 0 Å². The van der Waals surface area contributed by atoms with Crippen molar-refractivity contribution in [2.75, 3.05) is 12.4 Å². The molecule has 164 valence electrons. The maximum Gasteiger partial charge on any atom is 0.120 e. The van der Waals surface area contributed by atoms with E-state index in [1.807, 2.05) is 71.4 Å². The Morgan fingerprint density at radius 1 is 0.733 bits per heavy atom. The average molecular weight is 435 g/mol. The van der Waals surface area contributed by atoms with Crippen molar-refractivity contribution in [1.82, 2.24) is 0 Å². The van der Waals surface area contributed by atoms with Gasteiger partial charge in [0.05, 0.1) is 6.61 Å². The molecule has 0 radical (unpaired) electrons. The zero-order chi connectivity index (χ0) is 22.1. The fourth-order valence-electron chi connectivity index (χ4n) is 3.11. The van der Waals surface area contributed by atoms with Gasteiger partial charge in [0.2, 0.25) is 0 Å². The van der Waals surface area contributed by atoms with Crippen LogP contribution in [0.15, 0.2) is 73.3 Å². The van der Waals surface area contributed by atoms with Crippen LogP contribution in [-0.4, -0.2) is 83.6 Å². The van der Waals surface area contributed by atoms with Crippen LogP contribution in [0.2, 0.25) is 0 Å². The minimum Gasteiger partial charge on any atom is -0.394 e. The molecule has 0 fully saturated rings. The van der Waals surface area contributed by atoms with Gasteiger partial charge in [0.15, 0.2) is 0 Å². The number of aliphatic hydroxyl groups excluding tert-OH is 6. The van der Waals surface area contributed by atoms with Crippen LogP contribution in [0.1, 0.15) is 11.1 Å². The van der Waals surface area contributed by atoms with Gasteiger partial charge in [-0.1, -0.05) is 66.7 Å². The van der Waals surface area contributed by atoms with Crippen molar-refractivity contribution in [3.8, 4) is 0 Å². The molecule has 0 spiro atoms. The first-order valence-electron chi connectivity index (χ1n) is 9.56. The molecule has 2 aromatic rings. The first kappa shape index (κ1) is 24.3. The standard InChI is InChI=1S/C23H30O6S/c1-2-13-30(15-17-9-5-3-6-10-17,16-18-11-7-4-8-12-18)23(29)22(28)21(27)20(26)19(25)14-24/h2-12,15-16,19-29H,1,13-14H2/t19-,20-,21+,22-,23?/m1/s1. The molecule has 0 bridgehead atoms. The molecular weight excluding hydrogens is 404 g/mol. The van der Waals surface area contributed by atoms with Crippen molar-refractivity contribution < 1.29 is 30.6 Å². The lowest BCUT2D eigenvalue weighted by molar-refractivity contribution is -0.128. The highest BCUT2D eigenvalue weighted by Gasteiger charge is 2.36. The van der Waals surface area contributed by atoms with Gasteiger partial charge in [0, 0.05) is 5.75 Å². The molecule has 0 saturated heterocycles. The molecule has 6 N–H and O–H groups in total. The highest BCUT2D eigenvalue weighted by Crippen LogP contribution is 2.35. The van der Waals surface area contributed by atoms with Gasteiger partial charge in [0.1, 0.15) is 29.9 Å². The summed E-state index contributed by atoms with van der Waals surface area (Å²) in [5.74, 6) is 0.306. The molecule has 5 atom stereocenters. The van der Waals surface area contributed by atoms with E-state index in [1.54, 1.807) is 6.08 Å². The van der Waals surface area contributed by atoms with Gasteiger partial charge in [0.25, 0.3) is 0 Å². The number of hydrogen-bond donors (Lipinski definition) is 6. The minimum atomic E-state index is -2.32. The van der Waals surface area contributed by atoms with Crippen molar-refractivity contribution in [3.05, 3.63) is 84.4 Å². The van der Waals surface area contributed by atoms with Gasteiger partial charge in [-0.3, -0.25) is 0 Å². The Labute approximate surface area is 177 Å². The summed E-state index contributed by atoms with van der Waals surface area (Å²) >= 11 is 0. The number of aliphatic hydroxyl groups is 6. The second-order valence-corrected chi connectivity index (χ2v) is 10.1. The monoisotopic (exact) mass is 434 g/mol. The summed E-state index contributed by atoms with van der Waals surface area (Å²) in [6.07, 6.45) is -5.49. The highest BCUT2D eigenvalue weighted by molar-refractivity contribution is 8.30. The van der Waals surface area contributed by atoms with E-state index in [9.17, 15) is 25.5 Å². The van der Waals surface area contributed by atoms with Crippen LogP contribution < -0.4 is 0 Å². The van der Waals surface area contributed by atoms with E-state index < -0.39 is 45.7 Å². The average Bonchev–Trinajstić information content (AvgIpc) is 2.77. The van der Waals surface area contributed by atoms with E-state index in [2.05, 4.69) is 6.58 Å². The van der Waals surface area contributed by atoms with Crippen LogP contribution >= 0.6 is 9.21 Å². The molecule has 0 amide bonds. The molecule has 6 nitrogen and oxygen atoms in total. The molecule has 0 heterocycles. The molecule has 1 unspecified atom stereocenters. The quantitative estimate of drug-likeness (QED) is 0.238. The molecule has 0 aliphatic carbocycles. The maximum atomic E-state index is 11.2. The lowest BCUT2D eigenvalue weighted by atomic mass is 10.0. The van der Waals surface area contributed by atoms with Crippen LogP contribution in [0.3, 0.4) is 0 Å². The van der Waals surface area contributed by atoms with Crippen LogP contribution in [-0.2, 0) is 0 Å². The van der Waals surface area contributed by atoms with Crippen molar-refractivity contribution >= 4 is 19.9 Å². The first-order chi connectivity index (χ1) is 14.3. The summed E-state index contributed by atoms with van der Waals surface area (Å²) < 4.78 is 0. The van der Waals surface area contributed by atoms with E-state index >= 15 is 0 Å². The molecular formula is C23H30O6S. The Morgan fingerprint density at radius 2 is 1.20 bits per heavy atom. The minimum absolute atomic E-state index is 0.306. The van der Waals surface area contributed by atoms with E-state index in [4.69, 9.17) is 5.11 Å². The van der Waals surface area contributed by atoms with Crippen molar-refractivity contribution in [2.24, 2.45) is 0 Å². The van der Waals surface area contributed by atoms with E-state index in [0.29, 0.717) is 5.75 Å². The van der Waals surface area contributed by atoms with Gasteiger partial charge in [-0.05, 0) is 21.9 Å². The van der Waals surface area contributed by atoms with Crippen LogP contribution in [0.5, 0.6) is 0 Å². The molecule has 0 saturated carbocycles. The van der Waals surface area contributed by atoms with Gasteiger partial charge in [-0.15, -0.1) is 6.58 Å². The summed E-state index contributed by atoms with van der Waals surface area (Å²) in [4.78, 5) is 0. The Hall–Kier alpha value is -1.97. The number of benzene rings is 2. The molecule has 0 aromatic heterocycles. The van der Waals surface area contributed by atoms with Gasteiger partial charge in [-0.2, -0.15) is 9.21 Å². The predicted octanol–water partition coefficient (Wildman–Crippen LogP) is 0.432. The largest absolute Gasteiger partial charge is 0.394 e. The third-order valence-corrected chi connectivity index (χ3v) is 8.15. The van der Waals surface area contributed by atoms with Crippen LogP contribution in [0, 0.1) is 0 Å². The Balaban J connectivity index is 2.64. The maximum absolute atomic E-state index is 11.2. The molecule has 0 aliphatic rings. The van der Waals surface area contributed by atoms with Gasteiger partial charge >= 0.3 is 0 Å². The van der Waals surface area contributed by atoms with Gasteiger partial charge < -0.3 is 30.6 Å². The van der Waals surface area contributed by atoms with E-state index in [0.717, 1.165) is 11.1 Å². The fourth-order valence-corrected chi connectivity index (χ4v) is 6.26. The lowest BCUT2D eigenvalue weighted by Crippen LogP contribution is -2.50. The highest BCUT2D eigenvalue weighted by atomic mass is 32.2. The molecule has 2 rings (SSSR count). The zero-order valence-electron chi connectivity index (χ0n) is 16.6. The van der Waals surface area contributed by atoms with E-state index in [1.165, 1.54) is 0 Å². The Kier molecular flexibility index (Phi) is 9.26. The van der Waals surface area contributed by atoms with Gasteiger partial charge in [-0.25, -0.2) is 0 Å². The second-order valence-electron chi connectivity index (χ2n) is 7.03. The van der Waals surface area contributed by atoms with Crippen LogP contribution in [0.25, 0.3) is 0 Å². The Morgan fingerprint density at radius 3 is 1.60 bits per heavy atom. The van der Waals surface area contributed by atoms with Crippen LogP contribution in [0.4, 0.5) is 0 Å². The van der Waals surface area contributed by atoms with Crippen molar-refractivity contribution in [2.45, 2.75) is 29.9 Å². The first-order valence-corrected chi connectivity index (χ1v) is 11.6. The van der Waals surface area contributed by atoms with Crippen molar-refractivity contribution in [3.63, 3.8) is 0 Å². The lowest BCUT2D eigenvalue weighted by Gasteiger charge is -2.33. The molecule has 2 aromatic carbocycles. The molecule has 7 heteroatoms. The summed E-state index contributed by atoms with van der Waals surface area (Å²) in [6, 6.07) is 18.6. The smallest absolute Gasteiger partial charge is 0.120 e. The number of rotatable bonds is 10. The Bertz CT molecular complexity index is 854. The van der Waals surface area contributed by atoms with Crippen molar-refractivity contribution in [1.29, 1.82) is 0 Å². The number of hydrogen-bond acceptors (Lipinski definition) is 6. The topological polar surface area (TPSA) is 121 Å². The summed E-state index contributed by atoms with van der Waals surface area (Å²) in [7, 11) is -2.32. The third kappa shape index (κ3) is 6.02.